The highest BCUT2D eigenvalue weighted by molar-refractivity contribution is 6.30. The number of esters is 1. The third-order valence-electron chi connectivity index (χ3n) is 3.28. The highest BCUT2D eigenvalue weighted by Crippen LogP contribution is 2.22. The van der Waals surface area contributed by atoms with Gasteiger partial charge in [-0.3, -0.25) is 4.79 Å². The molecule has 0 saturated heterocycles. The van der Waals surface area contributed by atoms with Crippen molar-refractivity contribution in [3.8, 4) is 11.1 Å². The second kappa shape index (κ2) is 7.84. The fourth-order valence-electron chi connectivity index (χ4n) is 2.18. The normalized spacial score (nSPS) is 10.4. The van der Waals surface area contributed by atoms with E-state index in [2.05, 4.69) is 24.3 Å². The molecule has 0 fully saturated rings. The van der Waals surface area contributed by atoms with E-state index in [4.69, 9.17) is 16.3 Å². The molecular formula is C18H19ClO2. The van der Waals surface area contributed by atoms with E-state index in [-0.39, 0.29) is 5.97 Å². The average molecular weight is 303 g/mol. The molecule has 0 aliphatic heterocycles. The lowest BCUT2D eigenvalue weighted by atomic mass is 10.0. The zero-order valence-corrected chi connectivity index (χ0v) is 12.9. The van der Waals surface area contributed by atoms with E-state index in [9.17, 15) is 4.79 Å². The fraction of sp³-hybridized carbons (Fsp3) is 0.278. The van der Waals surface area contributed by atoms with Crippen molar-refractivity contribution in [1.82, 2.24) is 0 Å². The summed E-state index contributed by atoms with van der Waals surface area (Å²) in [5.74, 6) is -0.115. The molecule has 21 heavy (non-hydrogen) atoms. The molecule has 2 rings (SSSR count). The van der Waals surface area contributed by atoms with Gasteiger partial charge in [-0.15, -0.1) is 0 Å². The minimum Gasteiger partial charge on any atom is -0.466 e. The summed E-state index contributed by atoms with van der Waals surface area (Å²) in [4.78, 5) is 11.3. The molecule has 0 N–H and O–H groups in total. The number of benzene rings is 2. The van der Waals surface area contributed by atoms with Crippen LogP contribution in [0.4, 0.5) is 0 Å². The van der Waals surface area contributed by atoms with Gasteiger partial charge < -0.3 is 4.74 Å². The van der Waals surface area contributed by atoms with E-state index < -0.39 is 0 Å². The molecule has 0 aliphatic rings. The first kappa shape index (κ1) is 15.6. The predicted molar refractivity (Wildman–Crippen MR) is 86.5 cm³/mol. The average Bonchev–Trinajstić information content (AvgIpc) is 2.49. The SMILES string of the molecule is CCOC(=O)CCCc1ccc(-c2ccc(Cl)cc2)cc1. The van der Waals surface area contributed by atoms with Gasteiger partial charge >= 0.3 is 5.97 Å². The van der Waals surface area contributed by atoms with Crippen LogP contribution in [0.5, 0.6) is 0 Å². The zero-order chi connectivity index (χ0) is 15.1. The lowest BCUT2D eigenvalue weighted by Gasteiger charge is -2.05. The van der Waals surface area contributed by atoms with E-state index >= 15 is 0 Å². The second-order valence-corrected chi connectivity index (χ2v) is 5.30. The third kappa shape index (κ3) is 4.91. The number of carbonyl (C=O) groups excluding carboxylic acids is 1. The molecule has 0 saturated carbocycles. The minimum atomic E-state index is -0.115. The Hall–Kier alpha value is -1.80. The van der Waals surface area contributed by atoms with Crippen LogP contribution in [-0.4, -0.2) is 12.6 Å². The van der Waals surface area contributed by atoms with Crippen LogP contribution >= 0.6 is 11.6 Å². The van der Waals surface area contributed by atoms with Crippen molar-refractivity contribution in [1.29, 1.82) is 0 Å². The number of hydrogen-bond donors (Lipinski definition) is 0. The summed E-state index contributed by atoms with van der Waals surface area (Å²) >= 11 is 5.89. The van der Waals surface area contributed by atoms with Crippen LogP contribution < -0.4 is 0 Å². The molecule has 0 spiro atoms. The van der Waals surface area contributed by atoms with Crippen molar-refractivity contribution >= 4 is 17.6 Å². The van der Waals surface area contributed by atoms with E-state index in [1.54, 1.807) is 0 Å². The molecule has 0 aliphatic carbocycles. The Kier molecular flexibility index (Phi) is 5.82. The Morgan fingerprint density at radius 2 is 1.57 bits per heavy atom. The third-order valence-corrected chi connectivity index (χ3v) is 3.54. The number of aryl methyl sites for hydroxylation is 1. The van der Waals surface area contributed by atoms with Gasteiger partial charge in [0.25, 0.3) is 0 Å². The van der Waals surface area contributed by atoms with E-state index in [1.165, 1.54) is 11.1 Å². The van der Waals surface area contributed by atoms with Crippen molar-refractivity contribution in [2.45, 2.75) is 26.2 Å². The Morgan fingerprint density at radius 1 is 1.00 bits per heavy atom. The van der Waals surface area contributed by atoms with Crippen LogP contribution in [0.15, 0.2) is 48.5 Å². The molecule has 110 valence electrons. The standard InChI is InChI=1S/C18H19ClO2/c1-2-21-18(20)5-3-4-14-6-8-15(9-7-14)16-10-12-17(19)13-11-16/h6-13H,2-5H2,1H3. The maximum absolute atomic E-state index is 11.3. The first-order valence-electron chi connectivity index (χ1n) is 7.19. The molecule has 2 aromatic rings. The highest BCUT2D eigenvalue weighted by Gasteiger charge is 2.02. The summed E-state index contributed by atoms with van der Waals surface area (Å²) in [5.41, 5.74) is 3.55. The molecule has 2 aromatic carbocycles. The van der Waals surface area contributed by atoms with Crippen LogP contribution in [0.25, 0.3) is 11.1 Å². The fourth-order valence-corrected chi connectivity index (χ4v) is 2.30. The van der Waals surface area contributed by atoms with Crippen LogP contribution in [0.2, 0.25) is 5.02 Å². The summed E-state index contributed by atoms with van der Waals surface area (Å²) in [6, 6.07) is 16.2. The Balaban J connectivity index is 1.90. The minimum absolute atomic E-state index is 0.115. The van der Waals surface area contributed by atoms with Gasteiger partial charge in [0.15, 0.2) is 0 Å². The first-order chi connectivity index (χ1) is 10.2. The monoisotopic (exact) mass is 302 g/mol. The summed E-state index contributed by atoms with van der Waals surface area (Å²) in [6.45, 7) is 2.28. The first-order valence-corrected chi connectivity index (χ1v) is 7.57. The van der Waals surface area contributed by atoms with Crippen molar-refractivity contribution < 1.29 is 9.53 Å². The van der Waals surface area contributed by atoms with E-state index in [0.717, 1.165) is 23.4 Å². The summed E-state index contributed by atoms with van der Waals surface area (Å²) < 4.78 is 4.92. The molecule has 0 amide bonds. The van der Waals surface area contributed by atoms with Crippen molar-refractivity contribution in [2.24, 2.45) is 0 Å². The molecule has 0 heterocycles. The number of hydrogen-bond acceptors (Lipinski definition) is 2. The number of halogens is 1. The Morgan fingerprint density at radius 3 is 2.14 bits per heavy atom. The summed E-state index contributed by atoms with van der Waals surface area (Å²) in [7, 11) is 0. The van der Waals surface area contributed by atoms with Gasteiger partial charge in [0.05, 0.1) is 6.61 Å². The number of carbonyl (C=O) groups is 1. The topological polar surface area (TPSA) is 26.3 Å². The zero-order valence-electron chi connectivity index (χ0n) is 12.1. The van der Waals surface area contributed by atoms with Crippen molar-refractivity contribution in [3.63, 3.8) is 0 Å². The number of rotatable bonds is 6. The van der Waals surface area contributed by atoms with Gasteiger partial charge in [0, 0.05) is 11.4 Å². The molecular weight excluding hydrogens is 284 g/mol. The van der Waals surface area contributed by atoms with Gasteiger partial charge in [0.2, 0.25) is 0 Å². The number of ether oxygens (including phenoxy) is 1. The molecule has 0 atom stereocenters. The van der Waals surface area contributed by atoms with Crippen LogP contribution in [0.1, 0.15) is 25.3 Å². The van der Waals surface area contributed by atoms with Gasteiger partial charge in [-0.05, 0) is 48.6 Å². The highest BCUT2D eigenvalue weighted by atomic mass is 35.5. The Labute approximate surface area is 130 Å². The van der Waals surface area contributed by atoms with Crippen molar-refractivity contribution in [2.75, 3.05) is 6.61 Å². The van der Waals surface area contributed by atoms with E-state index in [0.29, 0.717) is 13.0 Å². The quantitative estimate of drug-likeness (QED) is 0.710. The molecule has 2 nitrogen and oxygen atoms in total. The second-order valence-electron chi connectivity index (χ2n) is 4.86. The molecule has 0 bridgehead atoms. The maximum Gasteiger partial charge on any atom is 0.305 e. The maximum atomic E-state index is 11.3. The molecule has 3 heteroatoms. The smallest absolute Gasteiger partial charge is 0.305 e. The largest absolute Gasteiger partial charge is 0.466 e. The molecule has 0 aromatic heterocycles. The van der Waals surface area contributed by atoms with Crippen molar-refractivity contribution in [3.05, 3.63) is 59.1 Å². The van der Waals surface area contributed by atoms with Gasteiger partial charge in [0.1, 0.15) is 0 Å². The molecule has 0 unspecified atom stereocenters. The van der Waals surface area contributed by atoms with Gasteiger partial charge in [-0.25, -0.2) is 0 Å². The summed E-state index contributed by atoms with van der Waals surface area (Å²) in [5, 5.41) is 0.745. The lowest BCUT2D eigenvalue weighted by Crippen LogP contribution is -2.03. The lowest BCUT2D eigenvalue weighted by molar-refractivity contribution is -0.143. The predicted octanol–water partition coefficient (Wildman–Crippen LogP) is 4.89. The van der Waals surface area contributed by atoms with Crippen LogP contribution in [-0.2, 0) is 16.0 Å². The van der Waals surface area contributed by atoms with E-state index in [1.807, 2.05) is 31.2 Å². The van der Waals surface area contributed by atoms with Gasteiger partial charge in [-0.1, -0.05) is 48.0 Å². The molecule has 0 radical (unpaired) electrons. The Bertz CT molecular complexity index is 573. The van der Waals surface area contributed by atoms with Crippen LogP contribution in [0.3, 0.4) is 0 Å². The van der Waals surface area contributed by atoms with Crippen LogP contribution in [0, 0.1) is 0 Å². The van der Waals surface area contributed by atoms with Gasteiger partial charge in [-0.2, -0.15) is 0 Å². The summed E-state index contributed by atoms with van der Waals surface area (Å²) in [6.07, 6.45) is 2.19.